The van der Waals surface area contributed by atoms with E-state index in [1.165, 1.54) is 12.8 Å². The summed E-state index contributed by atoms with van der Waals surface area (Å²) in [5, 5.41) is 3.49. The molecule has 0 aromatic rings. The van der Waals surface area contributed by atoms with Crippen molar-refractivity contribution in [3.63, 3.8) is 0 Å². The highest BCUT2D eigenvalue weighted by atomic mass is 16.5. The Morgan fingerprint density at radius 2 is 2.30 bits per heavy atom. The monoisotopic (exact) mass is 143 g/mol. The van der Waals surface area contributed by atoms with Gasteiger partial charge in [-0.15, -0.1) is 0 Å². The third-order valence-corrected chi connectivity index (χ3v) is 1.84. The van der Waals surface area contributed by atoms with Crippen molar-refractivity contribution in [2.24, 2.45) is 0 Å². The van der Waals surface area contributed by atoms with Crippen LogP contribution in [-0.4, -0.2) is 25.3 Å². The van der Waals surface area contributed by atoms with Gasteiger partial charge >= 0.3 is 0 Å². The Morgan fingerprint density at radius 3 is 2.90 bits per heavy atom. The summed E-state index contributed by atoms with van der Waals surface area (Å²) >= 11 is 0. The second-order valence-electron chi connectivity index (χ2n) is 3.09. The SMILES string of the molecule is CCC[C@H]1COC[C@@H](C)N1. The van der Waals surface area contributed by atoms with Crippen LogP contribution in [0.15, 0.2) is 0 Å². The van der Waals surface area contributed by atoms with E-state index >= 15 is 0 Å². The highest BCUT2D eigenvalue weighted by Gasteiger charge is 2.16. The maximum atomic E-state index is 5.38. The van der Waals surface area contributed by atoms with E-state index in [0.29, 0.717) is 12.1 Å². The molecule has 1 fully saturated rings. The molecule has 1 aliphatic heterocycles. The molecule has 10 heavy (non-hydrogen) atoms. The van der Waals surface area contributed by atoms with Crippen LogP contribution in [0.4, 0.5) is 0 Å². The van der Waals surface area contributed by atoms with Crippen molar-refractivity contribution in [3.05, 3.63) is 0 Å². The van der Waals surface area contributed by atoms with Crippen molar-refractivity contribution >= 4 is 0 Å². The maximum absolute atomic E-state index is 5.38. The number of hydrogen-bond acceptors (Lipinski definition) is 2. The Balaban J connectivity index is 2.18. The van der Waals surface area contributed by atoms with Crippen LogP contribution in [0.5, 0.6) is 0 Å². The molecule has 0 radical (unpaired) electrons. The van der Waals surface area contributed by atoms with E-state index < -0.39 is 0 Å². The number of nitrogens with one attached hydrogen (secondary N) is 1. The lowest BCUT2D eigenvalue weighted by Gasteiger charge is -2.28. The summed E-state index contributed by atoms with van der Waals surface area (Å²) < 4.78 is 5.38. The molecule has 1 N–H and O–H groups in total. The van der Waals surface area contributed by atoms with E-state index in [2.05, 4.69) is 19.2 Å². The molecule has 0 aromatic carbocycles. The lowest BCUT2D eigenvalue weighted by atomic mass is 10.1. The first-order chi connectivity index (χ1) is 4.83. The van der Waals surface area contributed by atoms with Crippen LogP contribution in [0, 0.1) is 0 Å². The van der Waals surface area contributed by atoms with Gasteiger partial charge in [-0.2, -0.15) is 0 Å². The van der Waals surface area contributed by atoms with Gasteiger partial charge in [0.25, 0.3) is 0 Å². The predicted molar refractivity (Wildman–Crippen MR) is 42.1 cm³/mol. The zero-order valence-corrected chi connectivity index (χ0v) is 6.89. The zero-order chi connectivity index (χ0) is 7.40. The summed E-state index contributed by atoms with van der Waals surface area (Å²) in [7, 11) is 0. The molecule has 2 heteroatoms. The van der Waals surface area contributed by atoms with E-state index in [1.807, 2.05) is 0 Å². The standard InChI is InChI=1S/C8H17NO/c1-3-4-8-6-10-5-7(2)9-8/h7-9H,3-6H2,1-2H3/t7-,8+/m1/s1. The molecule has 0 aliphatic carbocycles. The molecule has 1 rings (SSSR count). The molecule has 2 atom stereocenters. The molecule has 1 aliphatic rings. The largest absolute Gasteiger partial charge is 0.378 e. The fourth-order valence-electron chi connectivity index (χ4n) is 1.40. The first kappa shape index (κ1) is 8.02. The molecule has 0 amide bonds. The third kappa shape index (κ3) is 2.27. The molecule has 0 bridgehead atoms. The van der Waals surface area contributed by atoms with E-state index in [-0.39, 0.29) is 0 Å². The maximum Gasteiger partial charge on any atom is 0.0620 e. The van der Waals surface area contributed by atoms with Crippen molar-refractivity contribution in [2.45, 2.75) is 38.8 Å². The van der Waals surface area contributed by atoms with Crippen molar-refractivity contribution in [2.75, 3.05) is 13.2 Å². The van der Waals surface area contributed by atoms with Crippen LogP contribution in [-0.2, 0) is 4.74 Å². The minimum atomic E-state index is 0.547. The average molecular weight is 143 g/mol. The third-order valence-electron chi connectivity index (χ3n) is 1.84. The van der Waals surface area contributed by atoms with E-state index in [4.69, 9.17) is 4.74 Å². The second kappa shape index (κ2) is 3.94. The van der Waals surface area contributed by atoms with Crippen LogP contribution in [0.3, 0.4) is 0 Å². The Hall–Kier alpha value is -0.0800. The summed E-state index contributed by atoms with van der Waals surface area (Å²) in [6.07, 6.45) is 2.48. The molecule has 1 saturated heterocycles. The van der Waals surface area contributed by atoms with E-state index in [0.717, 1.165) is 13.2 Å². The summed E-state index contributed by atoms with van der Waals surface area (Å²) in [6, 6.07) is 1.15. The summed E-state index contributed by atoms with van der Waals surface area (Å²) in [6.45, 7) is 6.15. The van der Waals surface area contributed by atoms with Gasteiger partial charge in [-0.25, -0.2) is 0 Å². The van der Waals surface area contributed by atoms with Crippen molar-refractivity contribution in [1.82, 2.24) is 5.32 Å². The van der Waals surface area contributed by atoms with Crippen molar-refractivity contribution < 1.29 is 4.74 Å². The highest BCUT2D eigenvalue weighted by Crippen LogP contribution is 2.04. The van der Waals surface area contributed by atoms with Gasteiger partial charge in [0.15, 0.2) is 0 Å². The number of hydrogen-bond donors (Lipinski definition) is 1. The van der Waals surface area contributed by atoms with Gasteiger partial charge in [0.1, 0.15) is 0 Å². The number of rotatable bonds is 2. The molecule has 2 nitrogen and oxygen atoms in total. The molecule has 1 heterocycles. The number of morpholine rings is 1. The van der Waals surface area contributed by atoms with Crippen molar-refractivity contribution in [1.29, 1.82) is 0 Å². The molecule has 60 valence electrons. The van der Waals surface area contributed by atoms with Crippen LogP contribution in [0.1, 0.15) is 26.7 Å². The first-order valence-electron chi connectivity index (χ1n) is 4.16. The van der Waals surface area contributed by atoms with Crippen molar-refractivity contribution in [3.8, 4) is 0 Å². The zero-order valence-electron chi connectivity index (χ0n) is 6.89. The van der Waals surface area contributed by atoms with Crippen LogP contribution < -0.4 is 5.32 Å². The lowest BCUT2D eigenvalue weighted by Crippen LogP contribution is -2.47. The van der Waals surface area contributed by atoms with Gasteiger partial charge in [0, 0.05) is 12.1 Å². The van der Waals surface area contributed by atoms with Gasteiger partial charge < -0.3 is 10.1 Å². The summed E-state index contributed by atoms with van der Waals surface area (Å²) in [5.41, 5.74) is 0. The smallest absolute Gasteiger partial charge is 0.0620 e. The van der Waals surface area contributed by atoms with Crippen LogP contribution in [0.25, 0.3) is 0 Å². The number of ether oxygens (including phenoxy) is 1. The normalized spacial score (nSPS) is 34.2. The van der Waals surface area contributed by atoms with Gasteiger partial charge in [-0.3, -0.25) is 0 Å². The Labute approximate surface area is 63.0 Å². The Kier molecular flexibility index (Phi) is 3.16. The fraction of sp³-hybridized carbons (Fsp3) is 1.00. The molecule has 0 aromatic heterocycles. The predicted octanol–water partition coefficient (Wildman–Crippen LogP) is 1.16. The fourth-order valence-corrected chi connectivity index (χ4v) is 1.40. The van der Waals surface area contributed by atoms with Crippen LogP contribution >= 0.6 is 0 Å². The Bertz CT molecular complexity index is 93.3. The highest BCUT2D eigenvalue weighted by molar-refractivity contribution is 4.74. The lowest BCUT2D eigenvalue weighted by molar-refractivity contribution is 0.0480. The summed E-state index contributed by atoms with van der Waals surface area (Å²) in [5.74, 6) is 0. The summed E-state index contributed by atoms with van der Waals surface area (Å²) in [4.78, 5) is 0. The van der Waals surface area contributed by atoms with Gasteiger partial charge in [0.05, 0.1) is 13.2 Å². The van der Waals surface area contributed by atoms with E-state index in [1.54, 1.807) is 0 Å². The molecule has 0 unspecified atom stereocenters. The van der Waals surface area contributed by atoms with E-state index in [9.17, 15) is 0 Å². The minimum absolute atomic E-state index is 0.547. The van der Waals surface area contributed by atoms with Gasteiger partial charge in [-0.05, 0) is 13.3 Å². The molecular weight excluding hydrogens is 126 g/mol. The first-order valence-corrected chi connectivity index (χ1v) is 4.16. The average Bonchev–Trinajstić information content (AvgIpc) is 1.88. The molecule has 0 saturated carbocycles. The molecule has 0 spiro atoms. The second-order valence-corrected chi connectivity index (χ2v) is 3.09. The topological polar surface area (TPSA) is 21.3 Å². The quantitative estimate of drug-likeness (QED) is 0.626. The minimum Gasteiger partial charge on any atom is -0.378 e. The van der Waals surface area contributed by atoms with Gasteiger partial charge in [0.2, 0.25) is 0 Å². The van der Waals surface area contributed by atoms with Crippen LogP contribution in [0.2, 0.25) is 0 Å². The van der Waals surface area contributed by atoms with Gasteiger partial charge in [-0.1, -0.05) is 13.3 Å². The Morgan fingerprint density at radius 1 is 1.50 bits per heavy atom. The molecular formula is C8H17NO.